The van der Waals surface area contributed by atoms with Crippen molar-refractivity contribution in [2.24, 2.45) is 7.05 Å². The van der Waals surface area contributed by atoms with Crippen LogP contribution in [0.3, 0.4) is 0 Å². The molecule has 7 nitrogen and oxygen atoms in total. The number of nitrogens with one attached hydrogen (secondary N) is 2. The summed E-state index contributed by atoms with van der Waals surface area (Å²) in [5.74, 6) is 1.81. The van der Waals surface area contributed by atoms with E-state index in [-0.39, 0.29) is 18.3 Å². The number of thiazole rings is 1. The first-order valence-electron chi connectivity index (χ1n) is 7.93. The number of aromatic nitrogens is 4. The minimum Gasteiger partial charge on any atom is -0.317 e. The van der Waals surface area contributed by atoms with Crippen LogP contribution in [0, 0.1) is 0 Å². The van der Waals surface area contributed by atoms with Gasteiger partial charge >= 0.3 is 0 Å². The molecule has 0 spiro atoms. The molecule has 0 atom stereocenters. The number of piperidine rings is 1. The van der Waals surface area contributed by atoms with Gasteiger partial charge in [0.25, 0.3) is 5.91 Å². The monoisotopic (exact) mass is 370 g/mol. The molecule has 3 heterocycles. The minimum absolute atomic E-state index is 0. The Balaban J connectivity index is 0.00000208. The van der Waals surface area contributed by atoms with Crippen molar-refractivity contribution in [2.45, 2.75) is 38.5 Å². The lowest BCUT2D eigenvalue weighted by Gasteiger charge is -2.19. The fourth-order valence-electron chi connectivity index (χ4n) is 2.59. The van der Waals surface area contributed by atoms with Gasteiger partial charge in [-0.25, -0.2) is 9.67 Å². The molecule has 0 bridgehead atoms. The lowest BCUT2D eigenvalue weighted by atomic mass is 9.98. The fourth-order valence-corrected chi connectivity index (χ4v) is 3.40. The third kappa shape index (κ3) is 4.12. The highest BCUT2D eigenvalue weighted by molar-refractivity contribution is 7.13. The topological polar surface area (TPSA) is 84.7 Å². The van der Waals surface area contributed by atoms with Crippen molar-refractivity contribution in [3.8, 4) is 0 Å². The molecule has 2 aromatic heterocycles. The summed E-state index contributed by atoms with van der Waals surface area (Å²) in [4.78, 5) is 21.8. The van der Waals surface area contributed by atoms with E-state index in [0.29, 0.717) is 22.7 Å². The van der Waals surface area contributed by atoms with Gasteiger partial charge in [-0.3, -0.25) is 10.1 Å². The molecule has 0 saturated carbocycles. The predicted molar refractivity (Wildman–Crippen MR) is 97.3 cm³/mol. The average Bonchev–Trinajstić information content (AvgIpc) is 3.16. The zero-order valence-electron chi connectivity index (χ0n) is 14.1. The highest BCUT2D eigenvalue weighted by Gasteiger charge is 2.22. The van der Waals surface area contributed by atoms with Crippen molar-refractivity contribution in [1.29, 1.82) is 0 Å². The highest BCUT2D eigenvalue weighted by atomic mass is 35.5. The number of aryl methyl sites for hydroxylation is 1. The molecule has 0 radical (unpaired) electrons. The SMILES string of the molecule is CC(C)c1ncc(C(=O)Nc2nc(C3CCNCC3)nn2C)s1.Cl. The fraction of sp³-hybridized carbons (Fsp3) is 0.600. The van der Waals surface area contributed by atoms with E-state index in [0.717, 1.165) is 36.8 Å². The van der Waals surface area contributed by atoms with Crippen LogP contribution in [0.15, 0.2) is 6.20 Å². The normalized spacial score (nSPS) is 15.3. The predicted octanol–water partition coefficient (Wildman–Crippen LogP) is 2.54. The molecule has 1 amide bonds. The standard InChI is InChI=1S/C15H22N6OS.ClH/c1-9(2)14-17-8-11(23-14)13(22)19-15-18-12(20-21(15)3)10-4-6-16-7-5-10;/h8-10,16H,4-7H2,1-3H3,(H,18,19,20,22);1H. The van der Waals surface area contributed by atoms with E-state index in [9.17, 15) is 4.79 Å². The molecular weight excluding hydrogens is 348 g/mol. The van der Waals surface area contributed by atoms with Gasteiger partial charge in [0.1, 0.15) is 4.88 Å². The number of carbonyl (C=O) groups excluding carboxylic acids is 1. The molecule has 0 aromatic carbocycles. The maximum absolute atomic E-state index is 12.4. The Bertz CT molecular complexity index is 692. The van der Waals surface area contributed by atoms with Crippen molar-refractivity contribution in [2.75, 3.05) is 18.4 Å². The lowest BCUT2D eigenvalue weighted by Crippen LogP contribution is -2.27. The average molecular weight is 371 g/mol. The Morgan fingerprint density at radius 3 is 2.75 bits per heavy atom. The molecule has 132 valence electrons. The van der Waals surface area contributed by atoms with Gasteiger partial charge in [-0.15, -0.1) is 23.7 Å². The van der Waals surface area contributed by atoms with Gasteiger partial charge in [0.2, 0.25) is 5.95 Å². The second-order valence-electron chi connectivity index (χ2n) is 6.11. The molecule has 2 N–H and O–H groups in total. The van der Waals surface area contributed by atoms with Gasteiger partial charge in [-0.1, -0.05) is 13.8 Å². The molecule has 0 unspecified atom stereocenters. The van der Waals surface area contributed by atoms with Gasteiger partial charge < -0.3 is 5.32 Å². The summed E-state index contributed by atoms with van der Waals surface area (Å²) >= 11 is 1.42. The number of carbonyl (C=O) groups is 1. The number of anilines is 1. The Kier molecular flexibility index (Phi) is 6.31. The minimum atomic E-state index is -0.179. The zero-order valence-corrected chi connectivity index (χ0v) is 15.7. The van der Waals surface area contributed by atoms with E-state index in [2.05, 4.69) is 39.5 Å². The van der Waals surface area contributed by atoms with Crippen LogP contribution in [-0.4, -0.2) is 38.7 Å². The summed E-state index contributed by atoms with van der Waals surface area (Å²) in [6, 6.07) is 0. The molecule has 1 fully saturated rings. The molecule has 9 heteroatoms. The number of rotatable bonds is 4. The summed E-state index contributed by atoms with van der Waals surface area (Å²) < 4.78 is 1.64. The van der Waals surface area contributed by atoms with E-state index < -0.39 is 0 Å². The smallest absolute Gasteiger partial charge is 0.269 e. The summed E-state index contributed by atoms with van der Waals surface area (Å²) in [6.45, 7) is 6.11. The van der Waals surface area contributed by atoms with E-state index >= 15 is 0 Å². The first-order chi connectivity index (χ1) is 11.0. The van der Waals surface area contributed by atoms with Crippen molar-refractivity contribution >= 4 is 35.6 Å². The van der Waals surface area contributed by atoms with E-state index in [1.807, 2.05) is 0 Å². The molecule has 1 saturated heterocycles. The summed E-state index contributed by atoms with van der Waals surface area (Å²) in [5.41, 5.74) is 0. The Morgan fingerprint density at radius 2 is 2.12 bits per heavy atom. The maximum atomic E-state index is 12.4. The number of nitrogens with zero attached hydrogens (tertiary/aromatic N) is 4. The first kappa shape index (κ1) is 18.8. The highest BCUT2D eigenvalue weighted by Crippen LogP contribution is 2.24. The van der Waals surface area contributed by atoms with Crippen LogP contribution in [0.5, 0.6) is 0 Å². The Hall–Kier alpha value is -1.51. The van der Waals surface area contributed by atoms with E-state index in [1.54, 1.807) is 17.9 Å². The zero-order chi connectivity index (χ0) is 16.4. The van der Waals surface area contributed by atoms with Crippen LogP contribution in [0.25, 0.3) is 0 Å². The van der Waals surface area contributed by atoms with Gasteiger partial charge in [-0.2, -0.15) is 10.1 Å². The maximum Gasteiger partial charge on any atom is 0.269 e. The first-order valence-corrected chi connectivity index (χ1v) is 8.75. The van der Waals surface area contributed by atoms with Gasteiger partial charge in [-0.05, 0) is 25.9 Å². The van der Waals surface area contributed by atoms with Gasteiger partial charge in [0, 0.05) is 18.9 Å². The molecule has 2 aromatic rings. The number of amides is 1. The molecule has 1 aliphatic heterocycles. The number of hydrogen-bond acceptors (Lipinski definition) is 6. The Morgan fingerprint density at radius 1 is 1.42 bits per heavy atom. The Labute approximate surface area is 151 Å². The number of halogens is 1. The van der Waals surface area contributed by atoms with E-state index in [1.165, 1.54) is 11.3 Å². The molecular formula is C15H23ClN6OS. The molecule has 0 aliphatic carbocycles. The van der Waals surface area contributed by atoms with Crippen LogP contribution in [0.2, 0.25) is 0 Å². The van der Waals surface area contributed by atoms with Gasteiger partial charge in [0.15, 0.2) is 5.82 Å². The van der Waals surface area contributed by atoms with Crippen molar-refractivity contribution in [1.82, 2.24) is 25.1 Å². The molecule has 3 rings (SSSR count). The second kappa shape index (κ2) is 8.04. The summed E-state index contributed by atoms with van der Waals surface area (Å²) in [7, 11) is 1.80. The van der Waals surface area contributed by atoms with Crippen molar-refractivity contribution in [3.05, 3.63) is 21.9 Å². The summed E-state index contributed by atoms with van der Waals surface area (Å²) in [6.07, 6.45) is 3.69. The van der Waals surface area contributed by atoms with Crippen LogP contribution in [0.4, 0.5) is 5.95 Å². The summed E-state index contributed by atoms with van der Waals surface area (Å²) in [5, 5.41) is 11.6. The van der Waals surface area contributed by atoms with Crippen LogP contribution in [0.1, 0.15) is 59.0 Å². The third-order valence-corrected chi connectivity index (χ3v) is 5.25. The number of hydrogen-bond donors (Lipinski definition) is 2. The largest absolute Gasteiger partial charge is 0.317 e. The van der Waals surface area contributed by atoms with Crippen molar-refractivity contribution < 1.29 is 4.79 Å². The van der Waals surface area contributed by atoms with Crippen molar-refractivity contribution in [3.63, 3.8) is 0 Å². The van der Waals surface area contributed by atoms with Crippen LogP contribution in [-0.2, 0) is 7.05 Å². The quantitative estimate of drug-likeness (QED) is 0.863. The van der Waals surface area contributed by atoms with Gasteiger partial charge in [0.05, 0.1) is 11.2 Å². The third-order valence-electron chi connectivity index (χ3n) is 3.95. The lowest BCUT2D eigenvalue weighted by molar-refractivity contribution is 0.102. The van der Waals surface area contributed by atoms with Crippen LogP contribution >= 0.6 is 23.7 Å². The molecule has 24 heavy (non-hydrogen) atoms. The van der Waals surface area contributed by atoms with E-state index in [4.69, 9.17) is 0 Å². The van der Waals surface area contributed by atoms with Crippen LogP contribution < -0.4 is 10.6 Å². The molecule has 1 aliphatic rings. The second-order valence-corrected chi connectivity index (χ2v) is 7.18.